The summed E-state index contributed by atoms with van der Waals surface area (Å²) in [5, 5.41) is 26.3. The number of ketones is 1. The summed E-state index contributed by atoms with van der Waals surface area (Å²) < 4.78 is 0. The van der Waals surface area contributed by atoms with Crippen LogP contribution in [0.3, 0.4) is 0 Å². The third-order valence-corrected chi connectivity index (χ3v) is 8.53. The summed E-state index contributed by atoms with van der Waals surface area (Å²) >= 11 is 0. The summed E-state index contributed by atoms with van der Waals surface area (Å²) in [6, 6.07) is -1.52. The van der Waals surface area contributed by atoms with E-state index in [1.54, 1.807) is 0 Å². The van der Waals surface area contributed by atoms with Gasteiger partial charge in [-0.1, -0.05) is 83.5 Å². The van der Waals surface area contributed by atoms with Gasteiger partial charge >= 0.3 is 11.9 Å². The van der Waals surface area contributed by atoms with E-state index in [0.29, 0.717) is 45.2 Å². The van der Waals surface area contributed by atoms with Crippen molar-refractivity contribution in [1.29, 1.82) is 0 Å². The number of carbonyl (C=O) groups is 6. The van der Waals surface area contributed by atoms with E-state index in [4.69, 9.17) is 10.8 Å². The lowest BCUT2D eigenvalue weighted by Crippen LogP contribution is -2.41. The average molecular weight is 683 g/mol. The first-order chi connectivity index (χ1) is 23.0. The Kier molecular flexibility index (Phi) is 29.3. The van der Waals surface area contributed by atoms with E-state index < -0.39 is 24.0 Å². The van der Waals surface area contributed by atoms with Crippen molar-refractivity contribution in [3.63, 3.8) is 0 Å². The topological polar surface area (TPSA) is 205 Å². The Hall–Kier alpha value is -3.02. The average Bonchev–Trinajstić information content (AvgIpc) is 3.03. The Morgan fingerprint density at radius 2 is 0.896 bits per heavy atom. The molecule has 0 heterocycles. The minimum Gasteiger partial charge on any atom is -0.481 e. The fourth-order valence-electron chi connectivity index (χ4n) is 5.39. The SMILES string of the molecule is CC(=O)C(N)CCCCNC(=O)CCCCCNC(=O)CCC(NC(=O)CCCCCCCCCCCCCCCCC(=O)O)C(=O)O. The summed E-state index contributed by atoms with van der Waals surface area (Å²) in [6.45, 7) is 2.48. The molecule has 278 valence electrons. The van der Waals surface area contributed by atoms with Crippen molar-refractivity contribution < 1.29 is 39.0 Å². The first kappa shape index (κ1) is 45.0. The number of carboxylic acids is 2. The van der Waals surface area contributed by atoms with Crippen LogP contribution in [-0.4, -0.2) is 70.8 Å². The Morgan fingerprint density at radius 1 is 0.500 bits per heavy atom. The van der Waals surface area contributed by atoms with Crippen molar-refractivity contribution in [2.45, 2.75) is 180 Å². The first-order valence-corrected chi connectivity index (χ1v) is 18.6. The third-order valence-electron chi connectivity index (χ3n) is 8.53. The largest absolute Gasteiger partial charge is 0.481 e. The summed E-state index contributed by atoms with van der Waals surface area (Å²) in [6.07, 6.45) is 20.6. The van der Waals surface area contributed by atoms with E-state index in [9.17, 15) is 33.9 Å². The molecule has 0 saturated heterocycles. The number of Topliss-reactive ketones (excluding diaryl/α,β-unsaturated/α-hetero) is 1. The van der Waals surface area contributed by atoms with Crippen molar-refractivity contribution in [3.8, 4) is 0 Å². The predicted octanol–water partition coefficient (Wildman–Crippen LogP) is 5.54. The smallest absolute Gasteiger partial charge is 0.326 e. The number of nitrogens with two attached hydrogens (primary N) is 1. The molecule has 0 aromatic heterocycles. The Bertz CT molecular complexity index is 914. The van der Waals surface area contributed by atoms with E-state index in [-0.39, 0.29) is 49.2 Å². The van der Waals surface area contributed by atoms with Crippen LogP contribution < -0.4 is 21.7 Å². The fraction of sp³-hybridized carbons (Fsp3) is 0.833. The van der Waals surface area contributed by atoms with Crippen LogP contribution in [0.2, 0.25) is 0 Å². The quantitative estimate of drug-likeness (QED) is 0.0471. The third kappa shape index (κ3) is 30.3. The van der Waals surface area contributed by atoms with Crippen molar-refractivity contribution in [1.82, 2.24) is 16.0 Å². The molecule has 0 aromatic rings. The molecule has 0 aliphatic carbocycles. The van der Waals surface area contributed by atoms with E-state index in [0.717, 1.165) is 57.8 Å². The maximum atomic E-state index is 12.3. The van der Waals surface area contributed by atoms with Gasteiger partial charge in [0.05, 0.1) is 6.04 Å². The first-order valence-electron chi connectivity index (χ1n) is 18.6. The zero-order chi connectivity index (χ0) is 35.8. The molecule has 0 spiro atoms. The van der Waals surface area contributed by atoms with Gasteiger partial charge < -0.3 is 31.9 Å². The number of hydrogen-bond donors (Lipinski definition) is 6. The highest BCUT2D eigenvalue weighted by Crippen LogP contribution is 2.14. The van der Waals surface area contributed by atoms with Crippen LogP contribution in [0.4, 0.5) is 0 Å². The molecule has 7 N–H and O–H groups in total. The molecule has 0 aromatic carbocycles. The molecule has 0 radical (unpaired) electrons. The van der Waals surface area contributed by atoms with Crippen LogP contribution in [0.5, 0.6) is 0 Å². The number of carboxylic acid groups (broad SMARTS) is 2. The maximum absolute atomic E-state index is 12.3. The minimum absolute atomic E-state index is 0.00553. The van der Waals surface area contributed by atoms with Crippen LogP contribution in [0.1, 0.15) is 167 Å². The van der Waals surface area contributed by atoms with Gasteiger partial charge in [0, 0.05) is 38.8 Å². The van der Waals surface area contributed by atoms with Gasteiger partial charge in [-0.2, -0.15) is 0 Å². The van der Waals surface area contributed by atoms with Crippen LogP contribution in [-0.2, 0) is 28.8 Å². The molecule has 0 rings (SSSR count). The molecular weight excluding hydrogens is 616 g/mol. The van der Waals surface area contributed by atoms with Crippen molar-refractivity contribution in [3.05, 3.63) is 0 Å². The molecule has 48 heavy (non-hydrogen) atoms. The van der Waals surface area contributed by atoms with E-state index in [2.05, 4.69) is 16.0 Å². The van der Waals surface area contributed by atoms with Crippen molar-refractivity contribution >= 4 is 35.4 Å². The van der Waals surface area contributed by atoms with Crippen LogP contribution in [0.25, 0.3) is 0 Å². The van der Waals surface area contributed by atoms with E-state index >= 15 is 0 Å². The molecule has 0 aliphatic heterocycles. The number of aliphatic carboxylic acids is 2. The number of amides is 3. The van der Waals surface area contributed by atoms with Crippen LogP contribution >= 0.6 is 0 Å². The van der Waals surface area contributed by atoms with Gasteiger partial charge in [-0.05, 0) is 58.3 Å². The highest BCUT2D eigenvalue weighted by molar-refractivity contribution is 5.84. The van der Waals surface area contributed by atoms with Gasteiger partial charge in [-0.25, -0.2) is 4.79 Å². The lowest BCUT2D eigenvalue weighted by Gasteiger charge is -2.14. The Labute approximate surface area is 288 Å². The summed E-state index contributed by atoms with van der Waals surface area (Å²) in [5.74, 6) is -2.47. The van der Waals surface area contributed by atoms with Gasteiger partial charge in [-0.15, -0.1) is 0 Å². The number of nitrogens with one attached hydrogen (secondary N) is 3. The second-order valence-corrected chi connectivity index (χ2v) is 13.1. The lowest BCUT2D eigenvalue weighted by molar-refractivity contribution is -0.142. The molecule has 2 unspecified atom stereocenters. The molecule has 0 bridgehead atoms. The van der Waals surface area contributed by atoms with Gasteiger partial charge in [-0.3, -0.25) is 24.0 Å². The second kappa shape index (κ2) is 31.3. The highest BCUT2D eigenvalue weighted by Gasteiger charge is 2.20. The van der Waals surface area contributed by atoms with Gasteiger partial charge in [0.15, 0.2) is 0 Å². The Balaban J connectivity index is 3.72. The monoisotopic (exact) mass is 682 g/mol. The van der Waals surface area contributed by atoms with Gasteiger partial charge in [0.1, 0.15) is 11.8 Å². The van der Waals surface area contributed by atoms with Crippen molar-refractivity contribution in [2.24, 2.45) is 5.73 Å². The molecule has 3 amide bonds. The van der Waals surface area contributed by atoms with Gasteiger partial charge in [0.25, 0.3) is 0 Å². The zero-order valence-corrected chi connectivity index (χ0v) is 29.7. The molecule has 0 aliphatic rings. The highest BCUT2D eigenvalue weighted by atomic mass is 16.4. The number of carbonyl (C=O) groups excluding carboxylic acids is 4. The number of hydrogen-bond acceptors (Lipinski definition) is 7. The standard InChI is InChI=1S/C36H66N4O8/c1-29(41)30(37)21-18-20-28-38-32(42)22-16-14-19-27-39-33(43)26-25-31(36(47)48)40-34(44)23-15-12-10-8-6-4-2-3-5-7-9-11-13-17-24-35(45)46/h30-31H,2-28,37H2,1H3,(H,38,42)(H,39,43)(H,40,44)(H,45,46)(H,47,48). The fourth-order valence-corrected chi connectivity index (χ4v) is 5.39. The van der Waals surface area contributed by atoms with E-state index in [1.165, 1.54) is 51.9 Å². The summed E-state index contributed by atoms with van der Waals surface area (Å²) in [7, 11) is 0. The number of rotatable bonds is 34. The summed E-state index contributed by atoms with van der Waals surface area (Å²) in [5.41, 5.74) is 5.69. The van der Waals surface area contributed by atoms with Crippen molar-refractivity contribution in [2.75, 3.05) is 13.1 Å². The van der Waals surface area contributed by atoms with E-state index in [1.807, 2.05) is 0 Å². The maximum Gasteiger partial charge on any atom is 0.326 e. The van der Waals surface area contributed by atoms with Gasteiger partial charge in [0.2, 0.25) is 17.7 Å². The molecule has 2 atom stereocenters. The predicted molar refractivity (Wildman–Crippen MR) is 187 cm³/mol. The molecular formula is C36H66N4O8. The zero-order valence-electron chi connectivity index (χ0n) is 29.7. The normalized spacial score (nSPS) is 12.2. The van der Waals surface area contributed by atoms with Crippen LogP contribution in [0, 0.1) is 0 Å². The second-order valence-electron chi connectivity index (χ2n) is 13.1. The minimum atomic E-state index is -1.15. The molecule has 0 saturated carbocycles. The molecule has 0 fully saturated rings. The Morgan fingerprint density at radius 3 is 1.35 bits per heavy atom. The lowest BCUT2D eigenvalue weighted by atomic mass is 10.0. The molecule has 12 nitrogen and oxygen atoms in total. The number of unbranched alkanes of at least 4 members (excludes halogenated alkanes) is 16. The van der Waals surface area contributed by atoms with Crippen LogP contribution in [0.15, 0.2) is 0 Å². The molecule has 12 heteroatoms. The summed E-state index contributed by atoms with van der Waals surface area (Å²) in [4.78, 5) is 69.6.